The van der Waals surface area contributed by atoms with E-state index in [0.29, 0.717) is 6.42 Å². The Balaban J connectivity index is 2.21. The molecule has 0 aliphatic carbocycles. The first-order valence-electron chi connectivity index (χ1n) is 7.13. The second-order valence-corrected chi connectivity index (χ2v) is 9.55. The van der Waals surface area contributed by atoms with E-state index >= 15 is 0 Å². The molecule has 0 N–H and O–H groups in total. The Morgan fingerprint density at radius 3 is 2.39 bits per heavy atom. The Hall–Kier alpha value is -1.45. The second-order valence-electron chi connectivity index (χ2n) is 5.32. The van der Waals surface area contributed by atoms with Gasteiger partial charge in [0.1, 0.15) is 0 Å². The van der Waals surface area contributed by atoms with Crippen molar-refractivity contribution in [1.29, 1.82) is 0 Å². The summed E-state index contributed by atoms with van der Waals surface area (Å²) in [6.45, 7) is 1.92. The van der Waals surface area contributed by atoms with Gasteiger partial charge in [0.05, 0.1) is 28.6 Å². The lowest BCUT2D eigenvalue weighted by Gasteiger charge is -2.22. The number of sulfone groups is 1. The van der Waals surface area contributed by atoms with E-state index in [1.54, 1.807) is 6.92 Å². The van der Waals surface area contributed by atoms with E-state index in [9.17, 15) is 21.6 Å². The molecule has 1 saturated heterocycles. The molecular formula is C14H19NO6S2. The molecule has 1 aliphatic rings. The van der Waals surface area contributed by atoms with Gasteiger partial charge in [-0.25, -0.2) is 21.6 Å². The standard InChI is InChI=1S/C14H19NO6S2/c1-3-21-14(16)11-4-6-13(7-5-11)23(19,20)15(2)12-8-9-22(17,18)10-12/h4-7,12H,3,8-10H2,1-2H3/t12-/m1/s1. The predicted octanol–water partition coefficient (Wildman–Crippen LogP) is 0.671. The van der Waals surface area contributed by atoms with Crippen LogP contribution in [0.3, 0.4) is 0 Å². The molecule has 1 fully saturated rings. The molecule has 0 aromatic heterocycles. The average Bonchev–Trinajstić information content (AvgIpc) is 2.87. The summed E-state index contributed by atoms with van der Waals surface area (Å²) in [4.78, 5) is 11.6. The Bertz CT molecular complexity index is 783. The Labute approximate surface area is 136 Å². The van der Waals surface area contributed by atoms with Gasteiger partial charge >= 0.3 is 5.97 Å². The molecule has 0 saturated carbocycles. The lowest BCUT2D eigenvalue weighted by Crippen LogP contribution is -2.37. The summed E-state index contributed by atoms with van der Waals surface area (Å²) in [6, 6.07) is 4.84. The Kier molecular flexibility index (Phi) is 5.12. The lowest BCUT2D eigenvalue weighted by molar-refractivity contribution is 0.0526. The third-order valence-corrected chi connectivity index (χ3v) is 7.44. The van der Waals surface area contributed by atoms with E-state index in [4.69, 9.17) is 4.74 Å². The van der Waals surface area contributed by atoms with Crippen molar-refractivity contribution in [3.8, 4) is 0 Å². The van der Waals surface area contributed by atoms with Crippen molar-refractivity contribution in [1.82, 2.24) is 4.31 Å². The van der Waals surface area contributed by atoms with E-state index in [2.05, 4.69) is 0 Å². The summed E-state index contributed by atoms with van der Waals surface area (Å²) in [6.07, 6.45) is 0.291. The van der Waals surface area contributed by atoms with E-state index in [0.717, 1.165) is 4.31 Å². The van der Waals surface area contributed by atoms with Crippen molar-refractivity contribution in [2.45, 2.75) is 24.3 Å². The number of esters is 1. The van der Waals surface area contributed by atoms with Crippen LogP contribution in [0.25, 0.3) is 0 Å². The van der Waals surface area contributed by atoms with Crippen LogP contribution in [0.5, 0.6) is 0 Å². The minimum Gasteiger partial charge on any atom is -0.462 e. The molecule has 0 radical (unpaired) electrons. The van der Waals surface area contributed by atoms with Crippen molar-refractivity contribution in [2.24, 2.45) is 0 Å². The van der Waals surface area contributed by atoms with Gasteiger partial charge in [-0.15, -0.1) is 0 Å². The zero-order chi connectivity index (χ0) is 17.3. The maximum Gasteiger partial charge on any atom is 0.338 e. The molecule has 1 aliphatic heterocycles. The molecule has 1 heterocycles. The minimum absolute atomic E-state index is 0.000672. The van der Waals surface area contributed by atoms with Gasteiger partial charge in [0, 0.05) is 13.1 Å². The number of hydrogen-bond donors (Lipinski definition) is 0. The largest absolute Gasteiger partial charge is 0.462 e. The van der Waals surface area contributed by atoms with Crippen LogP contribution in [0.1, 0.15) is 23.7 Å². The van der Waals surface area contributed by atoms with Crippen LogP contribution in [0, 0.1) is 0 Å². The monoisotopic (exact) mass is 361 g/mol. The molecule has 1 aromatic rings. The number of sulfonamides is 1. The molecule has 0 amide bonds. The van der Waals surface area contributed by atoms with Crippen molar-refractivity contribution < 1.29 is 26.4 Å². The third-order valence-electron chi connectivity index (χ3n) is 3.77. The summed E-state index contributed by atoms with van der Waals surface area (Å²) < 4.78 is 54.1. The zero-order valence-electron chi connectivity index (χ0n) is 12.9. The number of carbonyl (C=O) groups is 1. The number of nitrogens with zero attached hydrogens (tertiary/aromatic N) is 1. The molecule has 9 heteroatoms. The second kappa shape index (κ2) is 6.58. The summed E-state index contributed by atoms with van der Waals surface area (Å²) >= 11 is 0. The van der Waals surface area contributed by atoms with E-state index < -0.39 is 31.9 Å². The van der Waals surface area contributed by atoms with Crippen molar-refractivity contribution in [2.75, 3.05) is 25.2 Å². The van der Waals surface area contributed by atoms with Crippen LogP contribution in [0.4, 0.5) is 0 Å². The fourth-order valence-corrected chi connectivity index (χ4v) is 5.66. The average molecular weight is 361 g/mol. The van der Waals surface area contributed by atoms with Gasteiger partial charge in [-0.2, -0.15) is 4.31 Å². The molecule has 7 nitrogen and oxygen atoms in total. The highest BCUT2D eigenvalue weighted by molar-refractivity contribution is 7.92. The molecule has 128 valence electrons. The van der Waals surface area contributed by atoms with Crippen LogP contribution < -0.4 is 0 Å². The Morgan fingerprint density at radius 1 is 1.30 bits per heavy atom. The van der Waals surface area contributed by atoms with Crippen LogP contribution in [0.2, 0.25) is 0 Å². The molecular weight excluding hydrogens is 342 g/mol. The normalized spacial score (nSPS) is 20.6. The quantitative estimate of drug-likeness (QED) is 0.715. The van der Waals surface area contributed by atoms with Crippen LogP contribution in [-0.2, 0) is 24.6 Å². The molecule has 0 unspecified atom stereocenters. The molecule has 23 heavy (non-hydrogen) atoms. The molecule has 1 aromatic carbocycles. The van der Waals surface area contributed by atoms with Gasteiger partial charge in [0.25, 0.3) is 0 Å². The number of rotatable bonds is 5. The molecule has 2 rings (SSSR count). The fourth-order valence-electron chi connectivity index (χ4n) is 2.40. The summed E-state index contributed by atoms with van der Waals surface area (Å²) in [5.74, 6) is -0.685. The van der Waals surface area contributed by atoms with E-state index in [-0.39, 0.29) is 28.6 Å². The first kappa shape index (κ1) is 17.9. The van der Waals surface area contributed by atoms with Gasteiger partial charge in [-0.05, 0) is 37.6 Å². The smallest absolute Gasteiger partial charge is 0.338 e. The highest BCUT2D eigenvalue weighted by Gasteiger charge is 2.36. The highest BCUT2D eigenvalue weighted by atomic mass is 32.2. The van der Waals surface area contributed by atoms with Crippen LogP contribution >= 0.6 is 0 Å². The van der Waals surface area contributed by atoms with Crippen molar-refractivity contribution in [3.63, 3.8) is 0 Å². The maximum atomic E-state index is 12.6. The van der Waals surface area contributed by atoms with E-state index in [1.165, 1.54) is 31.3 Å². The topological polar surface area (TPSA) is 97.8 Å². The first-order valence-corrected chi connectivity index (χ1v) is 10.4. The maximum absolute atomic E-state index is 12.6. The van der Waals surface area contributed by atoms with Crippen molar-refractivity contribution >= 4 is 25.8 Å². The molecule has 0 bridgehead atoms. The molecule has 1 atom stereocenters. The number of benzene rings is 1. The zero-order valence-corrected chi connectivity index (χ0v) is 14.6. The Morgan fingerprint density at radius 2 is 1.91 bits per heavy atom. The third kappa shape index (κ3) is 3.91. The van der Waals surface area contributed by atoms with Crippen LogP contribution in [0.15, 0.2) is 29.2 Å². The first-order chi connectivity index (χ1) is 10.7. The highest BCUT2D eigenvalue weighted by Crippen LogP contribution is 2.23. The van der Waals surface area contributed by atoms with Crippen molar-refractivity contribution in [3.05, 3.63) is 29.8 Å². The van der Waals surface area contributed by atoms with Crippen LogP contribution in [-0.4, -0.2) is 58.3 Å². The summed E-state index contributed by atoms with van der Waals surface area (Å²) in [7, 11) is -5.61. The predicted molar refractivity (Wildman–Crippen MR) is 84.4 cm³/mol. The molecule has 0 spiro atoms. The fraction of sp³-hybridized carbons (Fsp3) is 0.500. The summed E-state index contributed by atoms with van der Waals surface area (Å²) in [5, 5.41) is 0. The number of ether oxygens (including phenoxy) is 1. The minimum atomic E-state index is -3.81. The van der Waals surface area contributed by atoms with E-state index in [1.807, 2.05) is 0 Å². The van der Waals surface area contributed by atoms with Gasteiger partial charge in [0.2, 0.25) is 10.0 Å². The summed E-state index contributed by atoms with van der Waals surface area (Å²) in [5.41, 5.74) is 0.261. The SMILES string of the molecule is CCOC(=O)c1ccc(S(=O)(=O)N(C)[C@@H]2CCS(=O)(=O)C2)cc1. The number of carbonyl (C=O) groups excluding carboxylic acids is 1. The number of hydrogen-bond acceptors (Lipinski definition) is 6. The van der Waals surface area contributed by atoms with Gasteiger partial charge in [-0.1, -0.05) is 0 Å². The van der Waals surface area contributed by atoms with Gasteiger partial charge in [0.15, 0.2) is 9.84 Å². The van der Waals surface area contributed by atoms with Gasteiger partial charge in [-0.3, -0.25) is 0 Å². The van der Waals surface area contributed by atoms with Gasteiger partial charge < -0.3 is 4.74 Å². The lowest BCUT2D eigenvalue weighted by atomic mass is 10.2.